The number of nitrogens with two attached hydrogens (primary N) is 1. The van der Waals surface area contributed by atoms with Crippen molar-refractivity contribution in [2.24, 2.45) is 5.73 Å². The number of carbonyl (C=O) groups excluding carboxylic acids is 2. The van der Waals surface area contributed by atoms with Gasteiger partial charge in [0, 0.05) is 12.3 Å². The van der Waals surface area contributed by atoms with Crippen LogP contribution in [0.15, 0.2) is 48.5 Å². The third-order valence-corrected chi connectivity index (χ3v) is 4.08. The highest BCUT2D eigenvalue weighted by atomic mass is 19.1. The molecule has 4 nitrogen and oxygen atoms in total. The number of amides is 1. The number of primary amides is 1. The summed E-state index contributed by atoms with van der Waals surface area (Å²) in [5.41, 5.74) is 9.87. The molecular formula is C22H24FNO3. The fraction of sp³-hybridized carbons (Fsp3) is 0.273. The maximum absolute atomic E-state index is 11.2. The van der Waals surface area contributed by atoms with E-state index in [1.807, 2.05) is 31.2 Å². The Hall–Kier alpha value is -3.13. The number of halogens is 1. The Morgan fingerprint density at radius 1 is 1.04 bits per heavy atom. The number of ether oxygens (including phenoxy) is 1. The molecule has 2 aromatic rings. The molecular weight excluding hydrogens is 345 g/mol. The molecule has 1 amide bonds. The number of fused-ring (bicyclic) bond motifs is 3. The zero-order chi connectivity index (χ0) is 20.2. The molecule has 142 valence electrons. The zero-order valence-electron chi connectivity index (χ0n) is 15.4. The molecule has 0 heterocycles. The third kappa shape index (κ3) is 6.27. The van der Waals surface area contributed by atoms with Crippen LogP contribution in [0.25, 0.3) is 11.1 Å². The van der Waals surface area contributed by atoms with Gasteiger partial charge in [-0.1, -0.05) is 61.9 Å². The van der Waals surface area contributed by atoms with Gasteiger partial charge in [0.2, 0.25) is 0 Å². The number of carbonyl (C=O) groups is 2. The van der Waals surface area contributed by atoms with Crippen LogP contribution in [0.1, 0.15) is 43.2 Å². The Morgan fingerprint density at radius 3 is 1.89 bits per heavy atom. The van der Waals surface area contributed by atoms with Gasteiger partial charge < -0.3 is 10.5 Å². The highest BCUT2D eigenvalue weighted by Crippen LogP contribution is 2.44. The van der Waals surface area contributed by atoms with Crippen LogP contribution in [0.5, 0.6) is 0 Å². The minimum atomic E-state index is -1.19. The molecule has 1 aliphatic carbocycles. The van der Waals surface area contributed by atoms with E-state index < -0.39 is 12.1 Å². The first-order valence-corrected chi connectivity index (χ1v) is 8.66. The summed E-state index contributed by atoms with van der Waals surface area (Å²) in [4.78, 5) is 20.3. The van der Waals surface area contributed by atoms with Gasteiger partial charge >= 0.3 is 12.1 Å². The monoisotopic (exact) mass is 369 g/mol. The van der Waals surface area contributed by atoms with Gasteiger partial charge in [-0.25, -0.2) is 4.79 Å². The molecule has 0 radical (unpaired) electrons. The number of terminal acetylenes is 1. The number of hydrogen-bond donors (Lipinski definition) is 1. The molecule has 27 heavy (non-hydrogen) atoms. The van der Waals surface area contributed by atoms with Crippen LogP contribution in [0, 0.1) is 12.8 Å². The summed E-state index contributed by atoms with van der Waals surface area (Å²) in [5.74, 6) is 0.0879. The summed E-state index contributed by atoms with van der Waals surface area (Å²) >= 11 is 0. The first-order valence-electron chi connectivity index (χ1n) is 8.66. The maximum atomic E-state index is 11.2. The van der Waals surface area contributed by atoms with Crippen LogP contribution in [-0.4, -0.2) is 18.7 Å². The van der Waals surface area contributed by atoms with Gasteiger partial charge in [-0.2, -0.15) is 4.39 Å². The number of unbranched alkanes of at least 4 members (excludes halogenated alkanes) is 1. The van der Waals surface area contributed by atoms with Crippen LogP contribution in [0.2, 0.25) is 0 Å². The highest BCUT2D eigenvalue weighted by Gasteiger charge is 2.28. The molecule has 0 atom stereocenters. The second kappa shape index (κ2) is 11.5. The van der Waals surface area contributed by atoms with E-state index in [2.05, 4.69) is 37.1 Å². The van der Waals surface area contributed by atoms with Gasteiger partial charge in [-0.3, -0.25) is 4.79 Å². The molecule has 5 heteroatoms. The summed E-state index contributed by atoms with van der Waals surface area (Å²) in [6.45, 7) is 2.21. The smallest absolute Gasteiger partial charge is 0.404 e. The van der Waals surface area contributed by atoms with Gasteiger partial charge in [0.15, 0.2) is 0 Å². The Kier molecular flexibility index (Phi) is 9.32. The summed E-state index contributed by atoms with van der Waals surface area (Å²) < 4.78 is 16.2. The lowest BCUT2D eigenvalue weighted by Gasteiger charge is -2.12. The fourth-order valence-electron chi connectivity index (χ4n) is 2.92. The van der Waals surface area contributed by atoms with E-state index in [0.717, 1.165) is 6.42 Å². The van der Waals surface area contributed by atoms with Gasteiger partial charge in [0.25, 0.3) is 0 Å². The number of rotatable bonds is 5. The quantitative estimate of drug-likeness (QED) is 0.607. The van der Waals surface area contributed by atoms with E-state index >= 15 is 0 Å². The van der Waals surface area contributed by atoms with Gasteiger partial charge in [0.05, 0.1) is 0 Å². The molecule has 0 aliphatic heterocycles. The molecule has 3 rings (SSSR count). The van der Waals surface area contributed by atoms with Gasteiger partial charge in [-0.05, 0) is 28.7 Å². The average Bonchev–Trinajstić information content (AvgIpc) is 3.01. The summed E-state index contributed by atoms with van der Waals surface area (Å²) in [6, 6.07) is 15.2. The van der Waals surface area contributed by atoms with Crippen LogP contribution in [0.4, 0.5) is 9.18 Å². The lowest BCUT2D eigenvalue weighted by atomic mass is 9.98. The molecule has 0 bridgehead atoms. The van der Waals surface area contributed by atoms with Crippen molar-refractivity contribution in [3.63, 3.8) is 0 Å². The van der Waals surface area contributed by atoms with Gasteiger partial charge in [-0.15, -0.1) is 12.8 Å². The third-order valence-electron chi connectivity index (χ3n) is 4.08. The van der Waals surface area contributed by atoms with E-state index in [1.54, 1.807) is 0 Å². The van der Waals surface area contributed by atoms with E-state index in [9.17, 15) is 14.0 Å². The van der Waals surface area contributed by atoms with Crippen molar-refractivity contribution in [2.75, 3.05) is 6.61 Å². The molecule has 0 spiro atoms. The van der Waals surface area contributed by atoms with Crippen molar-refractivity contribution in [3.05, 3.63) is 59.7 Å². The largest absolute Gasteiger partial charge is 0.449 e. The number of hydrogen-bond acceptors (Lipinski definition) is 3. The highest BCUT2D eigenvalue weighted by molar-refractivity contribution is 5.79. The second-order valence-corrected chi connectivity index (χ2v) is 5.82. The number of benzene rings is 2. The van der Waals surface area contributed by atoms with Crippen LogP contribution >= 0.6 is 0 Å². The molecule has 0 aromatic heterocycles. The van der Waals surface area contributed by atoms with Crippen molar-refractivity contribution in [1.82, 2.24) is 0 Å². The fourth-order valence-corrected chi connectivity index (χ4v) is 2.92. The lowest BCUT2D eigenvalue weighted by molar-refractivity contribution is -0.129. The van der Waals surface area contributed by atoms with E-state index in [1.165, 1.54) is 22.3 Å². The van der Waals surface area contributed by atoms with Crippen molar-refractivity contribution >= 4 is 12.1 Å². The van der Waals surface area contributed by atoms with E-state index in [4.69, 9.17) is 10.5 Å². The SMILES string of the molecule is C#C.CCCCC(=O)F.NC(=O)OCC1c2ccccc2-c2ccccc21. The first-order chi connectivity index (χ1) is 13.0. The van der Waals surface area contributed by atoms with Crippen LogP contribution in [-0.2, 0) is 9.53 Å². The molecule has 0 unspecified atom stereocenters. The molecule has 0 saturated carbocycles. The summed E-state index contributed by atoms with van der Waals surface area (Å²) in [5, 5.41) is 0. The Balaban J connectivity index is 0.000000346. The Labute approximate surface area is 159 Å². The maximum Gasteiger partial charge on any atom is 0.404 e. The van der Waals surface area contributed by atoms with Crippen molar-refractivity contribution < 1.29 is 18.7 Å². The molecule has 2 N–H and O–H groups in total. The molecule has 0 fully saturated rings. The topological polar surface area (TPSA) is 69.4 Å². The molecule has 1 aliphatic rings. The van der Waals surface area contributed by atoms with Gasteiger partial charge in [0.1, 0.15) is 6.61 Å². The lowest BCUT2D eigenvalue weighted by Crippen LogP contribution is -2.17. The van der Waals surface area contributed by atoms with Crippen LogP contribution in [0.3, 0.4) is 0 Å². The van der Waals surface area contributed by atoms with Crippen molar-refractivity contribution in [2.45, 2.75) is 32.1 Å². The Morgan fingerprint density at radius 2 is 1.52 bits per heavy atom. The minimum Gasteiger partial charge on any atom is -0.449 e. The zero-order valence-corrected chi connectivity index (χ0v) is 15.4. The summed E-state index contributed by atoms with van der Waals surface area (Å²) in [7, 11) is 0. The van der Waals surface area contributed by atoms with E-state index in [0.29, 0.717) is 13.0 Å². The second-order valence-electron chi connectivity index (χ2n) is 5.82. The molecule has 0 saturated heterocycles. The predicted molar refractivity (Wildman–Crippen MR) is 105 cm³/mol. The predicted octanol–water partition coefficient (Wildman–Crippen LogP) is 4.82. The van der Waals surface area contributed by atoms with Crippen molar-refractivity contribution in [1.29, 1.82) is 0 Å². The van der Waals surface area contributed by atoms with Crippen molar-refractivity contribution in [3.8, 4) is 24.0 Å². The standard InChI is InChI=1S/C15H13NO2.C5H9FO.C2H2/c16-15(17)18-9-14-12-7-3-1-5-10(12)11-6-2-4-8-13(11)14;1-2-3-4-5(6)7;1-2/h1-8,14H,9H2,(H2,16,17);2-4H2,1H3;1-2H. The first kappa shape index (κ1) is 21.9. The van der Waals surface area contributed by atoms with Crippen LogP contribution < -0.4 is 5.73 Å². The average molecular weight is 369 g/mol. The molecule has 2 aromatic carbocycles. The van der Waals surface area contributed by atoms with E-state index in [-0.39, 0.29) is 12.3 Å². The normalized spacial score (nSPS) is 11.0. The Bertz CT molecular complexity index is 740. The minimum absolute atomic E-state index is 0.0879. The summed E-state index contributed by atoms with van der Waals surface area (Å²) in [6.07, 6.45) is 8.93.